The van der Waals surface area contributed by atoms with Crippen molar-refractivity contribution in [1.82, 2.24) is 14.6 Å². The van der Waals surface area contributed by atoms with E-state index < -0.39 is 12.0 Å². The first kappa shape index (κ1) is 17.9. The minimum Gasteiger partial charge on any atom is -0.454 e. The van der Waals surface area contributed by atoms with E-state index in [9.17, 15) is 9.90 Å². The zero-order valence-corrected chi connectivity index (χ0v) is 15.9. The molecule has 3 aromatic heterocycles. The lowest BCUT2D eigenvalue weighted by atomic mass is 9.85. The van der Waals surface area contributed by atoms with Crippen LogP contribution in [-0.4, -0.2) is 31.7 Å². The number of amides is 1. The fourth-order valence-corrected chi connectivity index (χ4v) is 4.08. The van der Waals surface area contributed by atoms with Gasteiger partial charge in [0.1, 0.15) is 17.4 Å². The maximum atomic E-state index is 12.5. The number of aromatic nitrogens is 3. The summed E-state index contributed by atoms with van der Waals surface area (Å²) >= 11 is 0. The number of aliphatic hydroxyl groups is 1. The van der Waals surface area contributed by atoms with Crippen LogP contribution in [0.15, 0.2) is 53.1 Å². The number of rotatable bonds is 4. The molecule has 1 aliphatic rings. The fourth-order valence-electron chi connectivity index (χ4n) is 4.08. The predicted molar refractivity (Wildman–Crippen MR) is 109 cm³/mol. The first-order valence-electron chi connectivity index (χ1n) is 10.0. The number of imidazole rings is 1. The Bertz CT molecular complexity index is 1140. The number of nitrogens with one attached hydrogen (secondary N) is 1. The van der Waals surface area contributed by atoms with Gasteiger partial charge in [-0.05, 0) is 43.0 Å². The van der Waals surface area contributed by atoms with Gasteiger partial charge in [0, 0.05) is 5.39 Å². The van der Waals surface area contributed by atoms with Crippen molar-refractivity contribution in [3.05, 3.63) is 48.7 Å². The number of nitrogens with zero attached hydrogens (tertiary/aromatic N) is 3. The molecule has 148 valence electrons. The SMILES string of the molecule is O=C(Nc1ccc2ncc(-c3cc4ccccc4o3)n2n1)C(O)C1CCCCC1. The summed E-state index contributed by atoms with van der Waals surface area (Å²) in [6.45, 7) is 0. The van der Waals surface area contributed by atoms with Gasteiger partial charge in [-0.15, -0.1) is 5.10 Å². The van der Waals surface area contributed by atoms with Crippen LogP contribution in [-0.2, 0) is 4.79 Å². The van der Waals surface area contributed by atoms with Crippen LogP contribution >= 0.6 is 0 Å². The molecule has 0 spiro atoms. The summed E-state index contributed by atoms with van der Waals surface area (Å²) in [5, 5.41) is 18.7. The highest BCUT2D eigenvalue weighted by Crippen LogP contribution is 2.29. The lowest BCUT2D eigenvalue weighted by Gasteiger charge is -2.25. The summed E-state index contributed by atoms with van der Waals surface area (Å²) < 4.78 is 7.57. The van der Waals surface area contributed by atoms with Gasteiger partial charge in [-0.1, -0.05) is 37.5 Å². The lowest BCUT2D eigenvalue weighted by Crippen LogP contribution is -2.35. The van der Waals surface area contributed by atoms with Crippen LogP contribution in [0.25, 0.3) is 28.1 Å². The molecule has 5 rings (SSSR count). The van der Waals surface area contributed by atoms with Gasteiger partial charge >= 0.3 is 0 Å². The zero-order valence-electron chi connectivity index (χ0n) is 15.9. The molecule has 1 unspecified atom stereocenters. The summed E-state index contributed by atoms with van der Waals surface area (Å²) in [5.74, 6) is 0.630. The average molecular weight is 390 g/mol. The zero-order chi connectivity index (χ0) is 19.8. The molecule has 1 saturated carbocycles. The number of anilines is 1. The van der Waals surface area contributed by atoms with Gasteiger partial charge in [-0.3, -0.25) is 4.79 Å². The quantitative estimate of drug-likeness (QED) is 0.549. The third kappa shape index (κ3) is 3.38. The van der Waals surface area contributed by atoms with Gasteiger partial charge in [0.2, 0.25) is 0 Å². The third-order valence-corrected chi connectivity index (χ3v) is 5.66. The molecule has 4 aromatic rings. The van der Waals surface area contributed by atoms with E-state index in [-0.39, 0.29) is 5.92 Å². The van der Waals surface area contributed by atoms with Crippen LogP contribution in [0.5, 0.6) is 0 Å². The van der Waals surface area contributed by atoms with E-state index in [4.69, 9.17) is 4.42 Å². The molecule has 1 aliphatic carbocycles. The number of carbonyl (C=O) groups is 1. The Morgan fingerprint density at radius 1 is 1.17 bits per heavy atom. The molecule has 7 heteroatoms. The monoisotopic (exact) mass is 390 g/mol. The molecule has 1 fully saturated rings. The minimum absolute atomic E-state index is 0.0202. The van der Waals surface area contributed by atoms with E-state index in [0.29, 0.717) is 22.9 Å². The van der Waals surface area contributed by atoms with Gasteiger partial charge in [0.25, 0.3) is 5.91 Å². The van der Waals surface area contributed by atoms with E-state index in [0.717, 1.165) is 36.7 Å². The van der Waals surface area contributed by atoms with Gasteiger partial charge in [-0.25, -0.2) is 9.50 Å². The predicted octanol–water partition coefficient (Wildman–Crippen LogP) is 4.02. The highest BCUT2D eigenvalue weighted by atomic mass is 16.3. The number of hydrogen-bond donors (Lipinski definition) is 2. The number of para-hydroxylation sites is 1. The van der Waals surface area contributed by atoms with Crippen molar-refractivity contribution >= 4 is 28.3 Å². The molecular formula is C22H22N4O3. The average Bonchev–Trinajstić information content (AvgIpc) is 3.37. The van der Waals surface area contributed by atoms with Gasteiger partial charge in [0.15, 0.2) is 17.2 Å². The van der Waals surface area contributed by atoms with E-state index >= 15 is 0 Å². The van der Waals surface area contributed by atoms with Crippen molar-refractivity contribution in [2.75, 3.05) is 5.32 Å². The third-order valence-electron chi connectivity index (χ3n) is 5.66. The maximum absolute atomic E-state index is 12.5. The van der Waals surface area contributed by atoms with Crippen molar-refractivity contribution in [2.45, 2.75) is 38.2 Å². The lowest BCUT2D eigenvalue weighted by molar-refractivity contribution is -0.127. The number of hydrogen-bond acceptors (Lipinski definition) is 5. The van der Waals surface area contributed by atoms with Gasteiger partial charge in [-0.2, -0.15) is 0 Å². The van der Waals surface area contributed by atoms with Crippen molar-refractivity contribution < 1.29 is 14.3 Å². The van der Waals surface area contributed by atoms with Crippen molar-refractivity contribution in [3.8, 4) is 11.5 Å². The van der Waals surface area contributed by atoms with Crippen molar-refractivity contribution in [3.63, 3.8) is 0 Å². The second-order valence-electron chi connectivity index (χ2n) is 7.61. The highest BCUT2D eigenvalue weighted by Gasteiger charge is 2.27. The van der Waals surface area contributed by atoms with Crippen LogP contribution in [0.1, 0.15) is 32.1 Å². The first-order chi connectivity index (χ1) is 14.2. The number of carbonyl (C=O) groups excluding carboxylic acids is 1. The summed E-state index contributed by atoms with van der Waals surface area (Å²) in [4.78, 5) is 16.9. The van der Waals surface area contributed by atoms with Gasteiger partial charge < -0.3 is 14.8 Å². The standard InChI is InChI=1S/C22H22N4O3/c27-21(14-6-2-1-3-7-14)22(28)24-19-10-11-20-23-13-16(26(20)25-19)18-12-15-8-4-5-9-17(15)29-18/h4-5,8-14,21,27H,1-3,6-7H2,(H,24,25,28). The minimum atomic E-state index is -1.01. The van der Waals surface area contributed by atoms with E-state index in [1.54, 1.807) is 22.8 Å². The van der Waals surface area contributed by atoms with Gasteiger partial charge in [0.05, 0.1) is 6.20 Å². The molecule has 1 amide bonds. The smallest absolute Gasteiger partial charge is 0.254 e. The van der Waals surface area contributed by atoms with Crippen molar-refractivity contribution in [1.29, 1.82) is 0 Å². The Balaban J connectivity index is 1.42. The molecule has 0 aliphatic heterocycles. The Kier molecular flexibility index (Phi) is 4.52. The number of furan rings is 1. The Labute approximate surface area is 167 Å². The summed E-state index contributed by atoms with van der Waals surface area (Å²) in [6, 6.07) is 13.2. The van der Waals surface area contributed by atoms with E-state index in [1.807, 2.05) is 30.3 Å². The maximum Gasteiger partial charge on any atom is 0.254 e. The fraction of sp³-hybridized carbons (Fsp3) is 0.318. The Hall–Kier alpha value is -3.19. The molecule has 29 heavy (non-hydrogen) atoms. The summed E-state index contributed by atoms with van der Waals surface area (Å²) in [7, 11) is 0. The van der Waals surface area contributed by atoms with Crippen LogP contribution < -0.4 is 5.32 Å². The summed E-state index contributed by atoms with van der Waals surface area (Å²) in [5.41, 5.74) is 2.13. The van der Waals surface area contributed by atoms with Crippen LogP contribution in [0.2, 0.25) is 0 Å². The Morgan fingerprint density at radius 2 is 2.00 bits per heavy atom. The molecule has 1 aromatic carbocycles. The van der Waals surface area contributed by atoms with Crippen LogP contribution in [0.3, 0.4) is 0 Å². The molecule has 3 heterocycles. The van der Waals surface area contributed by atoms with E-state index in [2.05, 4.69) is 15.4 Å². The molecule has 0 bridgehead atoms. The van der Waals surface area contributed by atoms with E-state index in [1.165, 1.54) is 6.42 Å². The second kappa shape index (κ2) is 7.33. The largest absolute Gasteiger partial charge is 0.454 e. The molecule has 0 radical (unpaired) electrons. The molecule has 7 nitrogen and oxygen atoms in total. The van der Waals surface area contributed by atoms with Crippen molar-refractivity contribution in [2.24, 2.45) is 5.92 Å². The molecular weight excluding hydrogens is 368 g/mol. The summed E-state index contributed by atoms with van der Waals surface area (Å²) in [6.07, 6.45) is 5.77. The number of aliphatic hydroxyl groups excluding tert-OH is 1. The first-order valence-corrected chi connectivity index (χ1v) is 10.0. The molecule has 2 N–H and O–H groups in total. The van der Waals surface area contributed by atoms with Crippen LogP contribution in [0, 0.1) is 5.92 Å². The van der Waals surface area contributed by atoms with Crippen LogP contribution in [0.4, 0.5) is 5.82 Å². The molecule has 0 saturated heterocycles. The number of benzene rings is 1. The topological polar surface area (TPSA) is 92.7 Å². The normalized spacial score (nSPS) is 16.3. The number of fused-ring (bicyclic) bond motifs is 2. The molecule has 1 atom stereocenters. The second-order valence-corrected chi connectivity index (χ2v) is 7.61. The highest BCUT2D eigenvalue weighted by molar-refractivity contribution is 5.93. The Morgan fingerprint density at radius 3 is 2.83 bits per heavy atom.